The van der Waals surface area contributed by atoms with Crippen LogP contribution in [0.4, 0.5) is 0 Å². The Hall–Kier alpha value is -2.13. The average Bonchev–Trinajstić information content (AvgIpc) is 3.45. The van der Waals surface area contributed by atoms with Gasteiger partial charge in [-0.1, -0.05) is 38.3 Å². The van der Waals surface area contributed by atoms with Crippen LogP contribution in [0.25, 0.3) is 0 Å². The second kappa shape index (κ2) is 12.9. The second-order valence-corrected chi connectivity index (χ2v) is 10.4. The van der Waals surface area contributed by atoms with Crippen LogP contribution in [-0.2, 0) is 14.3 Å². The molecule has 2 rings (SSSR count). The minimum absolute atomic E-state index is 0.181. The van der Waals surface area contributed by atoms with Crippen LogP contribution in [-0.4, -0.2) is 35.7 Å². The maximum Gasteiger partial charge on any atom is 0.306 e. The van der Waals surface area contributed by atoms with Gasteiger partial charge < -0.3 is 14.0 Å². The maximum atomic E-state index is 12.8. The third kappa shape index (κ3) is 9.71. The molecule has 6 nitrogen and oxygen atoms in total. The number of unbranched alkanes of at least 4 members (excludes halogenated alkanes) is 1. The summed E-state index contributed by atoms with van der Waals surface area (Å²) >= 11 is 0. The maximum absolute atomic E-state index is 12.8. The van der Waals surface area contributed by atoms with Gasteiger partial charge in [-0.15, -0.1) is 0 Å². The van der Waals surface area contributed by atoms with Crippen molar-refractivity contribution >= 4 is 11.8 Å². The number of Topliss-reactive ketones (excluding diaryl/α,β-unsaturated/α-hetero) is 1. The minimum atomic E-state index is -0.554. The molecule has 0 radical (unpaired) electrons. The first-order valence-electron chi connectivity index (χ1n) is 12.4. The van der Waals surface area contributed by atoms with E-state index in [0.717, 1.165) is 44.3 Å². The summed E-state index contributed by atoms with van der Waals surface area (Å²) in [5.74, 6) is 5.78. The molecular formula is C27H41NO5. The van der Waals surface area contributed by atoms with Gasteiger partial charge in [0.05, 0.1) is 12.1 Å². The lowest BCUT2D eigenvalue weighted by Crippen LogP contribution is -2.25. The Morgan fingerprint density at radius 3 is 2.48 bits per heavy atom. The number of esters is 1. The van der Waals surface area contributed by atoms with Crippen LogP contribution in [0, 0.1) is 17.8 Å². The van der Waals surface area contributed by atoms with E-state index in [9.17, 15) is 9.59 Å². The fourth-order valence-electron chi connectivity index (χ4n) is 3.63. The SMILES string of the molecule is CCCCOCCC[C@@H](CC(=O)OC(C)(C)C)c1noc(C(=O)C#CCC(C)C)c1C1CC1. The molecule has 1 atom stereocenters. The van der Waals surface area contributed by atoms with E-state index < -0.39 is 5.60 Å². The van der Waals surface area contributed by atoms with Gasteiger partial charge in [0, 0.05) is 31.1 Å². The van der Waals surface area contributed by atoms with Crippen molar-refractivity contribution in [2.45, 2.75) is 110 Å². The van der Waals surface area contributed by atoms with E-state index in [1.807, 2.05) is 20.8 Å². The molecular weight excluding hydrogens is 418 g/mol. The van der Waals surface area contributed by atoms with Crippen molar-refractivity contribution in [3.63, 3.8) is 0 Å². The molecule has 1 fully saturated rings. The highest BCUT2D eigenvalue weighted by molar-refractivity contribution is 6.08. The fourth-order valence-corrected chi connectivity index (χ4v) is 3.63. The van der Waals surface area contributed by atoms with E-state index in [0.29, 0.717) is 31.1 Å². The molecule has 0 N–H and O–H groups in total. The smallest absolute Gasteiger partial charge is 0.306 e. The number of carbonyl (C=O) groups excluding carboxylic acids is 2. The van der Waals surface area contributed by atoms with Gasteiger partial charge in [-0.3, -0.25) is 9.59 Å². The monoisotopic (exact) mass is 459 g/mol. The minimum Gasteiger partial charge on any atom is -0.460 e. The molecule has 1 aromatic rings. The van der Waals surface area contributed by atoms with E-state index >= 15 is 0 Å². The Morgan fingerprint density at radius 2 is 1.88 bits per heavy atom. The predicted molar refractivity (Wildman–Crippen MR) is 128 cm³/mol. The third-order valence-corrected chi connectivity index (χ3v) is 5.36. The highest BCUT2D eigenvalue weighted by Gasteiger charge is 2.37. The van der Waals surface area contributed by atoms with Crippen LogP contribution >= 0.6 is 0 Å². The van der Waals surface area contributed by atoms with E-state index in [-0.39, 0.29) is 35.8 Å². The van der Waals surface area contributed by atoms with Gasteiger partial charge in [0.2, 0.25) is 5.76 Å². The quantitative estimate of drug-likeness (QED) is 0.115. The van der Waals surface area contributed by atoms with Gasteiger partial charge in [0.1, 0.15) is 5.60 Å². The van der Waals surface area contributed by atoms with Crippen LogP contribution in [0.1, 0.15) is 127 Å². The van der Waals surface area contributed by atoms with Crippen molar-refractivity contribution in [3.05, 3.63) is 17.0 Å². The van der Waals surface area contributed by atoms with E-state index in [1.165, 1.54) is 0 Å². The molecule has 0 bridgehead atoms. The number of nitrogens with zero attached hydrogens (tertiary/aromatic N) is 1. The number of carbonyl (C=O) groups is 2. The largest absolute Gasteiger partial charge is 0.460 e. The van der Waals surface area contributed by atoms with E-state index in [2.05, 4.69) is 37.8 Å². The Bertz CT molecular complexity index is 833. The molecule has 0 amide bonds. The molecule has 1 saturated carbocycles. The average molecular weight is 460 g/mol. The van der Waals surface area contributed by atoms with Crippen molar-refractivity contribution in [2.24, 2.45) is 5.92 Å². The van der Waals surface area contributed by atoms with Crippen LogP contribution in [0.3, 0.4) is 0 Å². The molecule has 0 aromatic carbocycles. The number of hydrogen-bond donors (Lipinski definition) is 0. The molecule has 0 aliphatic heterocycles. The Kier molecular flexibility index (Phi) is 10.6. The molecule has 184 valence electrons. The summed E-state index contributed by atoms with van der Waals surface area (Å²) in [5, 5.41) is 4.31. The van der Waals surface area contributed by atoms with Crippen LogP contribution in [0.2, 0.25) is 0 Å². The molecule has 1 aliphatic carbocycles. The number of rotatable bonds is 13. The molecule has 1 aromatic heterocycles. The normalized spacial score (nSPS) is 14.6. The highest BCUT2D eigenvalue weighted by Crippen LogP contribution is 2.46. The number of ether oxygens (including phenoxy) is 2. The summed E-state index contributed by atoms with van der Waals surface area (Å²) in [6, 6.07) is 0. The van der Waals surface area contributed by atoms with E-state index in [1.54, 1.807) is 0 Å². The molecule has 1 heterocycles. The zero-order chi connectivity index (χ0) is 24.4. The van der Waals surface area contributed by atoms with Gasteiger partial charge in [0.25, 0.3) is 5.78 Å². The first-order chi connectivity index (χ1) is 15.6. The van der Waals surface area contributed by atoms with Crippen LogP contribution in [0.15, 0.2) is 4.52 Å². The number of aromatic nitrogens is 1. The summed E-state index contributed by atoms with van der Waals surface area (Å²) in [6.45, 7) is 13.2. The Morgan fingerprint density at radius 1 is 1.18 bits per heavy atom. The van der Waals surface area contributed by atoms with Gasteiger partial charge in [-0.2, -0.15) is 0 Å². The molecule has 1 aliphatic rings. The highest BCUT2D eigenvalue weighted by atomic mass is 16.6. The zero-order valence-corrected chi connectivity index (χ0v) is 21.3. The second-order valence-electron chi connectivity index (χ2n) is 10.4. The molecule has 6 heteroatoms. The summed E-state index contributed by atoms with van der Waals surface area (Å²) in [4.78, 5) is 25.4. The van der Waals surface area contributed by atoms with Crippen LogP contribution in [0.5, 0.6) is 0 Å². The molecule has 0 spiro atoms. The first kappa shape index (κ1) is 27.1. The van der Waals surface area contributed by atoms with Gasteiger partial charge in [-0.05, 0) is 70.6 Å². The van der Waals surface area contributed by atoms with Crippen molar-refractivity contribution in [3.8, 4) is 11.8 Å². The lowest BCUT2D eigenvalue weighted by molar-refractivity contribution is -0.155. The van der Waals surface area contributed by atoms with Gasteiger partial charge >= 0.3 is 5.97 Å². The lowest BCUT2D eigenvalue weighted by atomic mass is 9.90. The Balaban J connectivity index is 2.21. The van der Waals surface area contributed by atoms with E-state index in [4.69, 9.17) is 14.0 Å². The molecule has 33 heavy (non-hydrogen) atoms. The number of hydrogen-bond acceptors (Lipinski definition) is 6. The topological polar surface area (TPSA) is 78.6 Å². The van der Waals surface area contributed by atoms with Crippen molar-refractivity contribution in [2.75, 3.05) is 13.2 Å². The first-order valence-corrected chi connectivity index (χ1v) is 12.4. The summed E-state index contributed by atoms with van der Waals surface area (Å²) in [5.41, 5.74) is 1.01. The Labute approximate surface area is 199 Å². The van der Waals surface area contributed by atoms with Crippen molar-refractivity contribution in [1.82, 2.24) is 5.16 Å². The van der Waals surface area contributed by atoms with Crippen LogP contribution < -0.4 is 0 Å². The van der Waals surface area contributed by atoms with Gasteiger partial charge in [-0.25, -0.2) is 0 Å². The standard InChI is InChI=1S/C27H41NO5/c1-7-8-16-31-17-10-12-21(18-23(30)32-27(4,5)6)25-24(20-14-15-20)26(33-28-25)22(29)13-9-11-19(2)3/h19-21H,7-8,10-12,14-18H2,1-6H3/t21-/m0/s1. The lowest BCUT2D eigenvalue weighted by Gasteiger charge is -2.22. The zero-order valence-electron chi connectivity index (χ0n) is 21.3. The third-order valence-electron chi connectivity index (χ3n) is 5.36. The molecule has 0 unspecified atom stereocenters. The fraction of sp³-hybridized carbons (Fsp3) is 0.741. The summed E-state index contributed by atoms with van der Waals surface area (Å²) < 4.78 is 16.8. The van der Waals surface area contributed by atoms with Crippen molar-refractivity contribution < 1.29 is 23.6 Å². The predicted octanol–water partition coefficient (Wildman–Crippen LogP) is 6.20. The van der Waals surface area contributed by atoms with Crippen molar-refractivity contribution in [1.29, 1.82) is 0 Å². The number of ketones is 1. The molecule has 0 saturated heterocycles. The summed E-state index contributed by atoms with van der Waals surface area (Å²) in [6.07, 6.45) is 6.49. The van der Waals surface area contributed by atoms with Gasteiger partial charge in [0.15, 0.2) is 0 Å². The summed E-state index contributed by atoms with van der Waals surface area (Å²) in [7, 11) is 0.